The standard InChI is InChI=1S/C19H36N4O6/c1-4-20-5-6-21(13-16(24)25)7-8-22(14-17(26)27)10-12-23(11-9-20)18(15(2)3)19(28)29/h15,18H,4-14H2,1-3H3,(H,24,25)(H,26,27)(H,28,29). The van der Waals surface area contributed by atoms with Gasteiger partial charge in [0.1, 0.15) is 6.04 Å². The maximum Gasteiger partial charge on any atom is 0.321 e. The van der Waals surface area contributed by atoms with Crippen LogP contribution in [0.25, 0.3) is 0 Å². The molecule has 0 saturated carbocycles. The molecule has 0 aliphatic carbocycles. The number of hydrogen-bond donors (Lipinski definition) is 3. The third-order valence-electron chi connectivity index (χ3n) is 5.31. The molecule has 1 aliphatic rings. The van der Waals surface area contributed by atoms with E-state index in [2.05, 4.69) is 4.90 Å². The summed E-state index contributed by atoms with van der Waals surface area (Å²) >= 11 is 0. The summed E-state index contributed by atoms with van der Waals surface area (Å²) in [4.78, 5) is 42.0. The van der Waals surface area contributed by atoms with Crippen LogP contribution in [0.1, 0.15) is 20.8 Å². The molecule has 168 valence electrons. The molecule has 0 amide bonds. The lowest BCUT2D eigenvalue weighted by Gasteiger charge is -2.36. The number of rotatable bonds is 8. The molecule has 29 heavy (non-hydrogen) atoms. The number of carboxylic acids is 3. The van der Waals surface area contributed by atoms with Crippen LogP contribution in [0.2, 0.25) is 0 Å². The van der Waals surface area contributed by atoms with Gasteiger partial charge in [-0.05, 0) is 12.5 Å². The summed E-state index contributed by atoms with van der Waals surface area (Å²) in [6, 6.07) is -0.633. The van der Waals surface area contributed by atoms with Crippen LogP contribution in [0, 0.1) is 5.92 Å². The van der Waals surface area contributed by atoms with Crippen molar-refractivity contribution in [1.82, 2.24) is 19.6 Å². The zero-order valence-electron chi connectivity index (χ0n) is 17.8. The summed E-state index contributed by atoms with van der Waals surface area (Å²) in [5.41, 5.74) is 0. The molecule has 3 N–H and O–H groups in total. The monoisotopic (exact) mass is 416 g/mol. The fourth-order valence-electron chi connectivity index (χ4n) is 3.71. The highest BCUT2D eigenvalue weighted by Crippen LogP contribution is 2.12. The fourth-order valence-corrected chi connectivity index (χ4v) is 3.71. The van der Waals surface area contributed by atoms with E-state index in [0.717, 1.165) is 6.54 Å². The van der Waals surface area contributed by atoms with Crippen LogP contribution in [0.4, 0.5) is 0 Å². The zero-order valence-corrected chi connectivity index (χ0v) is 17.8. The van der Waals surface area contributed by atoms with Crippen molar-refractivity contribution < 1.29 is 29.7 Å². The van der Waals surface area contributed by atoms with Gasteiger partial charge >= 0.3 is 17.9 Å². The Morgan fingerprint density at radius 2 is 1.10 bits per heavy atom. The predicted molar refractivity (Wildman–Crippen MR) is 108 cm³/mol. The van der Waals surface area contributed by atoms with Gasteiger partial charge in [-0.3, -0.25) is 29.1 Å². The molecule has 10 nitrogen and oxygen atoms in total. The Kier molecular flexibility index (Phi) is 11.1. The van der Waals surface area contributed by atoms with Crippen LogP contribution in [-0.2, 0) is 14.4 Å². The average molecular weight is 417 g/mol. The minimum atomic E-state index is -0.954. The summed E-state index contributed by atoms with van der Waals surface area (Å²) in [6.45, 7) is 10.5. The first kappa shape index (κ1) is 25.3. The molecule has 1 heterocycles. The average Bonchev–Trinajstić information content (AvgIpc) is 2.60. The lowest BCUT2D eigenvalue weighted by atomic mass is 10.0. The smallest absolute Gasteiger partial charge is 0.321 e. The van der Waals surface area contributed by atoms with E-state index in [9.17, 15) is 24.6 Å². The van der Waals surface area contributed by atoms with Crippen LogP contribution < -0.4 is 0 Å². The molecular weight excluding hydrogens is 380 g/mol. The van der Waals surface area contributed by atoms with Crippen LogP contribution in [0.15, 0.2) is 0 Å². The summed E-state index contributed by atoms with van der Waals surface area (Å²) in [5, 5.41) is 28.1. The number of hydrogen-bond acceptors (Lipinski definition) is 7. The third-order valence-corrected chi connectivity index (χ3v) is 5.31. The molecule has 1 aliphatic heterocycles. The third kappa shape index (κ3) is 9.53. The van der Waals surface area contributed by atoms with Gasteiger partial charge in [0.25, 0.3) is 0 Å². The molecule has 0 spiro atoms. The summed E-state index contributed by atoms with van der Waals surface area (Å²) in [7, 11) is 0. The summed E-state index contributed by atoms with van der Waals surface area (Å²) in [6.07, 6.45) is 0. The van der Waals surface area contributed by atoms with Gasteiger partial charge in [-0.1, -0.05) is 20.8 Å². The van der Waals surface area contributed by atoms with Gasteiger partial charge in [0, 0.05) is 52.4 Å². The lowest BCUT2D eigenvalue weighted by molar-refractivity contribution is -0.146. The van der Waals surface area contributed by atoms with Crippen molar-refractivity contribution in [2.75, 3.05) is 72.0 Å². The van der Waals surface area contributed by atoms with Crippen LogP contribution in [-0.4, -0.2) is 131 Å². The van der Waals surface area contributed by atoms with Crippen molar-refractivity contribution in [1.29, 1.82) is 0 Å². The van der Waals surface area contributed by atoms with E-state index >= 15 is 0 Å². The molecule has 0 aromatic heterocycles. The van der Waals surface area contributed by atoms with Gasteiger partial charge in [0.2, 0.25) is 0 Å². The maximum atomic E-state index is 11.8. The first-order chi connectivity index (χ1) is 13.6. The van der Waals surface area contributed by atoms with Crippen molar-refractivity contribution in [3.63, 3.8) is 0 Å². The molecule has 1 unspecified atom stereocenters. The highest BCUT2D eigenvalue weighted by molar-refractivity contribution is 5.73. The number of carboxylic acid groups (broad SMARTS) is 3. The SMILES string of the molecule is CCN1CCN(CC(=O)O)CCN(CC(=O)O)CCN(C(C(=O)O)C(C)C)CC1. The van der Waals surface area contributed by atoms with Crippen molar-refractivity contribution in [2.45, 2.75) is 26.8 Å². The number of likely N-dealkylation sites (N-methyl/N-ethyl adjacent to an activating group) is 1. The molecule has 1 fully saturated rings. The minimum absolute atomic E-state index is 0.0746. The lowest BCUT2D eigenvalue weighted by Crippen LogP contribution is -2.52. The van der Waals surface area contributed by atoms with Crippen molar-refractivity contribution in [2.24, 2.45) is 5.92 Å². The molecule has 0 radical (unpaired) electrons. The van der Waals surface area contributed by atoms with Gasteiger partial charge in [-0.15, -0.1) is 0 Å². The van der Waals surface area contributed by atoms with Crippen LogP contribution in [0.5, 0.6) is 0 Å². The highest BCUT2D eigenvalue weighted by Gasteiger charge is 2.29. The van der Waals surface area contributed by atoms with E-state index in [1.807, 2.05) is 30.6 Å². The Balaban J connectivity index is 3.01. The molecule has 1 saturated heterocycles. The van der Waals surface area contributed by atoms with Gasteiger partial charge in [0.15, 0.2) is 0 Å². The quantitative estimate of drug-likeness (QED) is 0.477. The second-order valence-corrected chi connectivity index (χ2v) is 7.84. The fraction of sp³-hybridized carbons (Fsp3) is 0.842. The largest absolute Gasteiger partial charge is 0.480 e. The maximum absolute atomic E-state index is 11.8. The van der Waals surface area contributed by atoms with Crippen molar-refractivity contribution in [3.8, 4) is 0 Å². The van der Waals surface area contributed by atoms with Crippen LogP contribution in [0.3, 0.4) is 0 Å². The highest BCUT2D eigenvalue weighted by atomic mass is 16.4. The van der Waals surface area contributed by atoms with E-state index in [1.165, 1.54) is 0 Å². The summed E-state index contributed by atoms with van der Waals surface area (Å²) in [5.74, 6) is -2.80. The Morgan fingerprint density at radius 1 is 0.724 bits per heavy atom. The van der Waals surface area contributed by atoms with Gasteiger partial charge in [-0.25, -0.2) is 0 Å². The molecule has 1 atom stereocenters. The molecule has 1 rings (SSSR count). The van der Waals surface area contributed by atoms with E-state index < -0.39 is 23.9 Å². The Morgan fingerprint density at radius 3 is 1.45 bits per heavy atom. The van der Waals surface area contributed by atoms with E-state index in [-0.39, 0.29) is 19.0 Å². The van der Waals surface area contributed by atoms with E-state index in [1.54, 1.807) is 4.90 Å². The molecule has 0 aromatic rings. The zero-order chi connectivity index (χ0) is 22.0. The molecule has 0 bridgehead atoms. The first-order valence-corrected chi connectivity index (χ1v) is 10.2. The Bertz CT molecular complexity index is 545. The van der Waals surface area contributed by atoms with Gasteiger partial charge in [-0.2, -0.15) is 0 Å². The molecule has 10 heteroatoms. The number of aliphatic carboxylic acids is 3. The molecule has 0 aromatic carbocycles. The number of carbonyl (C=O) groups is 3. The summed E-state index contributed by atoms with van der Waals surface area (Å²) < 4.78 is 0. The number of nitrogens with zero attached hydrogens (tertiary/aromatic N) is 4. The van der Waals surface area contributed by atoms with Gasteiger partial charge < -0.3 is 20.2 Å². The van der Waals surface area contributed by atoms with Crippen molar-refractivity contribution >= 4 is 17.9 Å². The normalized spacial score (nSPS) is 20.7. The predicted octanol–water partition coefficient (Wildman–Crippen LogP) is -0.494. The Labute approximate surface area is 172 Å². The van der Waals surface area contributed by atoms with Crippen molar-refractivity contribution in [3.05, 3.63) is 0 Å². The first-order valence-electron chi connectivity index (χ1n) is 10.2. The Hall–Kier alpha value is -1.75. The van der Waals surface area contributed by atoms with Crippen LogP contribution >= 0.6 is 0 Å². The topological polar surface area (TPSA) is 125 Å². The van der Waals surface area contributed by atoms with Gasteiger partial charge in [0.05, 0.1) is 13.1 Å². The van der Waals surface area contributed by atoms with E-state index in [4.69, 9.17) is 5.11 Å². The minimum Gasteiger partial charge on any atom is -0.480 e. The second kappa shape index (κ2) is 12.7. The van der Waals surface area contributed by atoms with E-state index in [0.29, 0.717) is 52.4 Å². The second-order valence-electron chi connectivity index (χ2n) is 7.84. The molecular formula is C19H36N4O6.